The number of rotatable bonds is 2. The van der Waals surface area contributed by atoms with Crippen molar-refractivity contribution in [2.45, 2.75) is 72.3 Å². The van der Waals surface area contributed by atoms with Crippen LogP contribution >= 0.6 is 0 Å². The van der Waals surface area contributed by atoms with E-state index in [0.29, 0.717) is 30.8 Å². The summed E-state index contributed by atoms with van der Waals surface area (Å²) in [5.74, 6) is -1.11. The van der Waals surface area contributed by atoms with Crippen molar-refractivity contribution in [1.82, 2.24) is 0 Å². The van der Waals surface area contributed by atoms with Gasteiger partial charge < -0.3 is 4.74 Å². The van der Waals surface area contributed by atoms with Crippen LogP contribution in [-0.4, -0.2) is 23.1 Å². The fourth-order valence-electron chi connectivity index (χ4n) is 7.42. The molecule has 4 aliphatic rings. The van der Waals surface area contributed by atoms with Crippen LogP contribution in [0.15, 0.2) is 35.5 Å². The van der Waals surface area contributed by atoms with E-state index in [4.69, 9.17) is 8.85 Å². The number of allylic oxidation sites excluding steroid dienone is 4. The molecular formula is C25H32O4. The number of Topliss-reactive ketones (excluding diaryl/α,β-unsaturated/α-hetero) is 1. The van der Waals surface area contributed by atoms with Crippen molar-refractivity contribution >= 4 is 17.5 Å². The molecule has 29 heavy (non-hydrogen) atoms. The number of hydrogen-bond acceptors (Lipinski definition) is 4. The van der Waals surface area contributed by atoms with Gasteiger partial charge in [-0.1, -0.05) is 32.1 Å². The zero-order valence-corrected chi connectivity index (χ0v) is 17.8. The monoisotopic (exact) mass is 399 g/mol. The molecule has 4 aliphatic carbocycles. The van der Waals surface area contributed by atoms with Crippen molar-refractivity contribution < 1.29 is 23.2 Å². The Morgan fingerprint density at radius 2 is 2.00 bits per heavy atom. The quantitative estimate of drug-likeness (QED) is 0.497. The Kier molecular flexibility index (Phi) is 3.63. The molecule has 0 radical (unpaired) electrons. The Morgan fingerprint density at radius 1 is 1.28 bits per heavy atom. The lowest BCUT2D eigenvalue weighted by Crippen LogP contribution is -2.58. The van der Waals surface area contributed by atoms with Crippen LogP contribution in [0.5, 0.6) is 0 Å². The van der Waals surface area contributed by atoms with Gasteiger partial charge in [0, 0.05) is 22.8 Å². The summed E-state index contributed by atoms with van der Waals surface area (Å²) < 4.78 is 28.1. The third kappa shape index (κ3) is 2.47. The van der Waals surface area contributed by atoms with Gasteiger partial charge in [-0.25, -0.2) is 0 Å². The van der Waals surface area contributed by atoms with Crippen LogP contribution in [-0.2, 0) is 19.1 Å². The normalized spacial score (nSPS) is 45.5. The van der Waals surface area contributed by atoms with E-state index in [1.54, 1.807) is 0 Å². The van der Waals surface area contributed by atoms with Crippen molar-refractivity contribution in [2.75, 3.05) is 0 Å². The molecule has 2 saturated carbocycles. The first kappa shape index (κ1) is 16.8. The predicted octanol–water partition coefficient (Wildman–Crippen LogP) is 4.74. The van der Waals surface area contributed by atoms with Crippen LogP contribution in [0.1, 0.15) is 70.8 Å². The predicted molar refractivity (Wildman–Crippen MR) is 111 cm³/mol. The van der Waals surface area contributed by atoms with E-state index >= 15 is 0 Å². The van der Waals surface area contributed by atoms with Crippen LogP contribution in [0.25, 0.3) is 0 Å². The van der Waals surface area contributed by atoms with E-state index in [2.05, 4.69) is 19.6 Å². The Morgan fingerprint density at radius 3 is 2.66 bits per heavy atom. The summed E-state index contributed by atoms with van der Waals surface area (Å²) in [5, 5.41) is 0. The number of carbonyl (C=O) groups is 3. The van der Waals surface area contributed by atoms with Crippen LogP contribution in [0.4, 0.5) is 0 Å². The van der Waals surface area contributed by atoms with Crippen LogP contribution < -0.4 is 0 Å². The molecule has 0 unspecified atom stereocenters. The second-order valence-corrected chi connectivity index (χ2v) is 9.97. The summed E-state index contributed by atoms with van der Waals surface area (Å²) in [6.45, 7) is 8.81. The van der Waals surface area contributed by atoms with Gasteiger partial charge in [-0.15, -0.1) is 0 Å². The van der Waals surface area contributed by atoms with Gasteiger partial charge in [0.05, 0.1) is 0 Å². The molecule has 6 atom stereocenters. The van der Waals surface area contributed by atoms with E-state index in [1.165, 1.54) is 6.92 Å². The van der Waals surface area contributed by atoms with Gasteiger partial charge >= 0.3 is 5.97 Å². The summed E-state index contributed by atoms with van der Waals surface area (Å²) >= 11 is 0. The topological polar surface area (TPSA) is 60.4 Å². The van der Waals surface area contributed by atoms with Crippen molar-refractivity contribution in [3.8, 4) is 0 Å². The highest BCUT2D eigenvalue weighted by Crippen LogP contribution is 2.68. The molecule has 0 heterocycles. The van der Waals surface area contributed by atoms with Crippen molar-refractivity contribution in [3.05, 3.63) is 35.5 Å². The lowest BCUT2D eigenvalue weighted by molar-refractivity contribution is -0.179. The minimum atomic E-state index is -2.95. The maximum atomic E-state index is 13.1. The van der Waals surface area contributed by atoms with E-state index in [9.17, 15) is 14.4 Å². The summed E-state index contributed by atoms with van der Waals surface area (Å²) in [4.78, 5) is 37.7. The SMILES string of the molecule is [2H]C([2H])([2H])C(=O)O[C@]1(C(C)=O)C(=C)C[C@H]2[C@@H]3C=C(C)C4=CC(=O)CC[C@]4(C)[C@H]3CC[C@@]21C. The number of ketones is 2. The zero-order chi connectivity index (χ0) is 23.9. The van der Waals surface area contributed by atoms with Gasteiger partial charge in [-0.3, -0.25) is 14.4 Å². The maximum absolute atomic E-state index is 13.1. The Labute approximate surface area is 177 Å². The molecule has 0 aromatic heterocycles. The minimum absolute atomic E-state index is 0.00648. The molecule has 0 saturated heterocycles. The number of carbonyl (C=O) groups excluding carboxylic acids is 3. The van der Waals surface area contributed by atoms with Gasteiger partial charge in [-0.2, -0.15) is 0 Å². The molecule has 156 valence electrons. The van der Waals surface area contributed by atoms with Crippen LogP contribution in [0.2, 0.25) is 0 Å². The molecule has 0 bridgehead atoms. The molecule has 0 aromatic rings. The third-order valence-electron chi connectivity index (χ3n) is 8.73. The standard InChI is InChI=1S/C25H32O4/c1-14-11-19-20(23(5)9-7-18(28)13-21(14)23)8-10-24(6)22(19)12-15(2)25(24,16(3)26)29-17(4)27/h11,13,19-20,22H,2,7-10,12H2,1,3-6H3/t19-,20+,22+,23-,24+,25+/m1/s1/i4D3. The Balaban J connectivity index is 1.81. The molecule has 0 amide bonds. The van der Waals surface area contributed by atoms with Gasteiger partial charge in [-0.05, 0) is 79.9 Å². The minimum Gasteiger partial charge on any atom is -0.446 e. The molecule has 0 spiro atoms. The van der Waals surface area contributed by atoms with Crippen molar-refractivity contribution in [3.63, 3.8) is 0 Å². The molecule has 0 N–H and O–H groups in total. The lowest BCUT2D eigenvalue weighted by Gasteiger charge is -2.57. The first-order valence-corrected chi connectivity index (χ1v) is 10.5. The smallest absolute Gasteiger partial charge is 0.303 e. The van der Waals surface area contributed by atoms with Crippen LogP contribution in [0.3, 0.4) is 0 Å². The Hall–Kier alpha value is -1.97. The highest BCUT2D eigenvalue weighted by molar-refractivity contribution is 5.93. The lowest BCUT2D eigenvalue weighted by atomic mass is 9.47. The van der Waals surface area contributed by atoms with Gasteiger partial charge in [0.2, 0.25) is 0 Å². The van der Waals surface area contributed by atoms with Gasteiger partial charge in [0.15, 0.2) is 17.2 Å². The van der Waals surface area contributed by atoms with Crippen molar-refractivity contribution in [2.24, 2.45) is 28.6 Å². The first-order chi connectivity index (χ1) is 14.7. The molecule has 2 fully saturated rings. The largest absolute Gasteiger partial charge is 0.446 e. The van der Waals surface area contributed by atoms with Gasteiger partial charge in [0.25, 0.3) is 0 Å². The summed E-state index contributed by atoms with van der Waals surface area (Å²) in [7, 11) is 0. The van der Waals surface area contributed by atoms with Crippen molar-refractivity contribution in [1.29, 1.82) is 0 Å². The summed E-state index contributed by atoms with van der Waals surface area (Å²) in [6, 6.07) is 0. The summed E-state index contributed by atoms with van der Waals surface area (Å²) in [6.07, 6.45) is 7.31. The highest BCUT2D eigenvalue weighted by Gasteiger charge is 2.69. The first-order valence-electron chi connectivity index (χ1n) is 12.0. The fraction of sp³-hybridized carbons (Fsp3) is 0.640. The second kappa shape index (κ2) is 6.26. The molecule has 4 heteroatoms. The second-order valence-electron chi connectivity index (χ2n) is 9.97. The average molecular weight is 400 g/mol. The molecule has 4 nitrogen and oxygen atoms in total. The van der Waals surface area contributed by atoms with E-state index < -0.39 is 23.8 Å². The number of esters is 1. The molecule has 0 aliphatic heterocycles. The number of ether oxygens (including phenoxy) is 1. The summed E-state index contributed by atoms with van der Waals surface area (Å²) in [5.41, 5.74) is 0.231. The number of hydrogen-bond donors (Lipinski definition) is 0. The Bertz CT molecular complexity index is 990. The third-order valence-corrected chi connectivity index (χ3v) is 8.73. The molecule has 0 aromatic carbocycles. The average Bonchev–Trinajstić information content (AvgIpc) is 2.91. The number of fused-ring (bicyclic) bond motifs is 5. The molecule has 4 rings (SSSR count). The maximum Gasteiger partial charge on any atom is 0.303 e. The van der Waals surface area contributed by atoms with Crippen LogP contribution in [0, 0.1) is 28.6 Å². The van der Waals surface area contributed by atoms with E-state index in [1.807, 2.05) is 19.9 Å². The van der Waals surface area contributed by atoms with Gasteiger partial charge in [0.1, 0.15) is 0 Å². The van der Waals surface area contributed by atoms with E-state index in [0.717, 1.165) is 24.0 Å². The van der Waals surface area contributed by atoms with E-state index in [-0.39, 0.29) is 28.8 Å². The molecular weight excluding hydrogens is 364 g/mol. The highest BCUT2D eigenvalue weighted by atomic mass is 16.6. The zero-order valence-electron chi connectivity index (χ0n) is 20.8. The fourth-order valence-corrected chi connectivity index (χ4v) is 7.42.